The van der Waals surface area contributed by atoms with Crippen LogP contribution in [-0.2, 0) is 0 Å². The van der Waals surface area contributed by atoms with Gasteiger partial charge < -0.3 is 0 Å². The first-order valence-corrected chi connectivity index (χ1v) is 10.1. The van der Waals surface area contributed by atoms with E-state index in [0.717, 1.165) is 23.7 Å². The highest BCUT2D eigenvalue weighted by molar-refractivity contribution is 4.67. The Morgan fingerprint density at radius 1 is 0.524 bits per heavy atom. The molecule has 0 N–H and O–H groups in total. The fourth-order valence-electron chi connectivity index (χ4n) is 4.36. The molecule has 0 spiro atoms. The molecule has 0 radical (unpaired) electrons. The standard InChI is InChI=1S/C11H22.C10H20/c1-10(2)9-11-7-5-3-4-6-8-11;1-9(2)8-10-6-4-3-5-7-10/h10-11H,3-9H2,1-2H3;9-10H,3-8H2,1-2H3. The Kier molecular flexibility index (Phi) is 10.5. The van der Waals surface area contributed by atoms with Crippen LogP contribution in [0.5, 0.6) is 0 Å². The van der Waals surface area contributed by atoms with E-state index in [1.54, 1.807) is 0 Å². The molecule has 126 valence electrons. The molecule has 21 heavy (non-hydrogen) atoms. The molecule has 2 fully saturated rings. The molecule has 0 aromatic carbocycles. The second-order valence-corrected chi connectivity index (χ2v) is 8.62. The molecule has 0 aromatic rings. The predicted octanol–water partition coefficient (Wildman–Crippen LogP) is 7.62. The first-order valence-electron chi connectivity index (χ1n) is 10.1. The fourth-order valence-corrected chi connectivity index (χ4v) is 4.36. The van der Waals surface area contributed by atoms with Gasteiger partial charge in [-0.3, -0.25) is 0 Å². The summed E-state index contributed by atoms with van der Waals surface area (Å²) in [7, 11) is 0. The van der Waals surface area contributed by atoms with Gasteiger partial charge in [0.25, 0.3) is 0 Å². The molecule has 0 atom stereocenters. The van der Waals surface area contributed by atoms with Crippen molar-refractivity contribution in [1.29, 1.82) is 0 Å². The van der Waals surface area contributed by atoms with E-state index in [1.807, 2.05) is 0 Å². The maximum absolute atomic E-state index is 2.35. The molecule has 2 rings (SSSR count). The maximum Gasteiger partial charge on any atom is -0.0412 e. The van der Waals surface area contributed by atoms with Crippen molar-refractivity contribution in [2.75, 3.05) is 0 Å². The molecule has 0 unspecified atom stereocenters. The Labute approximate surface area is 135 Å². The van der Waals surface area contributed by atoms with Gasteiger partial charge in [0.2, 0.25) is 0 Å². The monoisotopic (exact) mass is 294 g/mol. The van der Waals surface area contributed by atoms with Gasteiger partial charge in [0.05, 0.1) is 0 Å². The Morgan fingerprint density at radius 2 is 0.810 bits per heavy atom. The zero-order valence-corrected chi connectivity index (χ0v) is 15.5. The van der Waals surface area contributed by atoms with Crippen LogP contribution in [0.3, 0.4) is 0 Å². The number of hydrogen-bond donors (Lipinski definition) is 0. The molecule has 0 heterocycles. The second kappa shape index (κ2) is 11.6. The first kappa shape index (κ1) is 19.0. The summed E-state index contributed by atoms with van der Waals surface area (Å²) >= 11 is 0. The molecule has 2 aliphatic rings. The average Bonchev–Trinajstić information content (AvgIpc) is 2.68. The van der Waals surface area contributed by atoms with Gasteiger partial charge in [-0.25, -0.2) is 0 Å². The SMILES string of the molecule is CC(C)CC1CCCCC1.CC(C)CC1CCCCCC1. The van der Waals surface area contributed by atoms with E-state index in [1.165, 1.54) is 83.5 Å². The third-order valence-corrected chi connectivity index (χ3v) is 5.31. The number of hydrogen-bond acceptors (Lipinski definition) is 0. The zero-order valence-electron chi connectivity index (χ0n) is 15.5. The molecule has 0 bridgehead atoms. The Hall–Kier alpha value is 0. The quantitative estimate of drug-likeness (QED) is 0.468. The normalized spacial score (nSPS) is 22.0. The van der Waals surface area contributed by atoms with Crippen molar-refractivity contribution in [3.8, 4) is 0 Å². The third kappa shape index (κ3) is 10.4. The molecular formula is C21H42. The lowest BCUT2D eigenvalue weighted by atomic mass is 9.84. The van der Waals surface area contributed by atoms with Crippen molar-refractivity contribution in [2.45, 2.75) is 111 Å². The van der Waals surface area contributed by atoms with E-state index in [0.29, 0.717) is 0 Å². The summed E-state index contributed by atoms with van der Waals surface area (Å²) in [6.07, 6.45) is 19.5. The van der Waals surface area contributed by atoms with E-state index in [4.69, 9.17) is 0 Å². The lowest BCUT2D eigenvalue weighted by molar-refractivity contribution is 0.305. The van der Waals surface area contributed by atoms with Crippen molar-refractivity contribution in [2.24, 2.45) is 23.7 Å². The smallest absolute Gasteiger partial charge is 0.0412 e. The second-order valence-electron chi connectivity index (χ2n) is 8.62. The molecule has 0 amide bonds. The average molecular weight is 295 g/mol. The summed E-state index contributed by atoms with van der Waals surface area (Å²) in [6, 6.07) is 0. The van der Waals surface area contributed by atoms with Crippen LogP contribution in [0.25, 0.3) is 0 Å². The van der Waals surface area contributed by atoms with Crippen LogP contribution in [0.1, 0.15) is 111 Å². The van der Waals surface area contributed by atoms with Gasteiger partial charge in [-0.1, -0.05) is 98.3 Å². The first-order chi connectivity index (χ1) is 10.1. The van der Waals surface area contributed by atoms with E-state index >= 15 is 0 Å². The highest BCUT2D eigenvalue weighted by atomic mass is 14.2. The fraction of sp³-hybridized carbons (Fsp3) is 1.00. The molecular weight excluding hydrogens is 252 g/mol. The summed E-state index contributed by atoms with van der Waals surface area (Å²) in [6.45, 7) is 9.39. The minimum atomic E-state index is 0.915. The van der Waals surface area contributed by atoms with Crippen LogP contribution in [-0.4, -0.2) is 0 Å². The number of rotatable bonds is 4. The van der Waals surface area contributed by atoms with Crippen LogP contribution in [0.4, 0.5) is 0 Å². The molecule has 0 nitrogen and oxygen atoms in total. The van der Waals surface area contributed by atoms with Crippen molar-refractivity contribution < 1.29 is 0 Å². The summed E-state index contributed by atoms with van der Waals surface area (Å²) in [5, 5.41) is 0. The summed E-state index contributed by atoms with van der Waals surface area (Å²) in [5.41, 5.74) is 0. The van der Waals surface area contributed by atoms with Gasteiger partial charge in [0.1, 0.15) is 0 Å². The van der Waals surface area contributed by atoms with Gasteiger partial charge >= 0.3 is 0 Å². The molecule has 2 saturated carbocycles. The molecule has 2 aliphatic carbocycles. The zero-order chi connectivity index (χ0) is 15.5. The van der Waals surface area contributed by atoms with Crippen LogP contribution in [0.2, 0.25) is 0 Å². The van der Waals surface area contributed by atoms with Gasteiger partial charge in [0, 0.05) is 0 Å². The van der Waals surface area contributed by atoms with Gasteiger partial charge in [-0.2, -0.15) is 0 Å². The van der Waals surface area contributed by atoms with E-state index in [-0.39, 0.29) is 0 Å². The van der Waals surface area contributed by atoms with Crippen molar-refractivity contribution in [1.82, 2.24) is 0 Å². The molecule has 0 aliphatic heterocycles. The summed E-state index contributed by atoms with van der Waals surface area (Å²) in [4.78, 5) is 0. The largest absolute Gasteiger partial charge is 0.0628 e. The minimum Gasteiger partial charge on any atom is -0.0628 e. The third-order valence-electron chi connectivity index (χ3n) is 5.31. The van der Waals surface area contributed by atoms with E-state index in [2.05, 4.69) is 27.7 Å². The Bertz CT molecular complexity index is 214. The van der Waals surface area contributed by atoms with Crippen LogP contribution < -0.4 is 0 Å². The lowest BCUT2D eigenvalue weighted by Gasteiger charge is -2.22. The van der Waals surface area contributed by atoms with E-state index < -0.39 is 0 Å². The molecule has 0 heteroatoms. The highest BCUT2D eigenvalue weighted by Crippen LogP contribution is 2.29. The van der Waals surface area contributed by atoms with Gasteiger partial charge in [-0.05, 0) is 36.5 Å². The van der Waals surface area contributed by atoms with E-state index in [9.17, 15) is 0 Å². The van der Waals surface area contributed by atoms with Crippen LogP contribution >= 0.6 is 0 Å². The molecule has 0 aromatic heterocycles. The van der Waals surface area contributed by atoms with Crippen molar-refractivity contribution >= 4 is 0 Å². The Balaban J connectivity index is 0.000000211. The predicted molar refractivity (Wildman–Crippen MR) is 96.7 cm³/mol. The van der Waals surface area contributed by atoms with Gasteiger partial charge in [0.15, 0.2) is 0 Å². The topological polar surface area (TPSA) is 0 Å². The van der Waals surface area contributed by atoms with Crippen LogP contribution in [0, 0.1) is 23.7 Å². The lowest BCUT2D eigenvalue weighted by Crippen LogP contribution is -2.08. The maximum atomic E-state index is 2.35. The highest BCUT2D eigenvalue weighted by Gasteiger charge is 2.14. The Morgan fingerprint density at radius 3 is 1.10 bits per heavy atom. The van der Waals surface area contributed by atoms with Crippen LogP contribution in [0.15, 0.2) is 0 Å². The summed E-state index contributed by atoms with van der Waals surface area (Å²) in [5.74, 6) is 3.98. The molecule has 0 saturated heterocycles. The van der Waals surface area contributed by atoms with Gasteiger partial charge in [-0.15, -0.1) is 0 Å². The summed E-state index contributed by atoms with van der Waals surface area (Å²) < 4.78 is 0. The van der Waals surface area contributed by atoms with Crippen molar-refractivity contribution in [3.63, 3.8) is 0 Å². The minimum absolute atomic E-state index is 0.915. The van der Waals surface area contributed by atoms with Crippen molar-refractivity contribution in [3.05, 3.63) is 0 Å².